The number of alkyl halides is 2. The first kappa shape index (κ1) is 11.4. The van der Waals surface area contributed by atoms with E-state index in [1.165, 1.54) is 6.92 Å². The van der Waals surface area contributed by atoms with E-state index < -0.39 is 29.4 Å². The van der Waals surface area contributed by atoms with Crippen molar-refractivity contribution in [1.82, 2.24) is 0 Å². The standard InChI is InChI=1S/C11H11F4N/c1-6-2-9(13)7(3-8(6)12)10(5-16)4-11(10,14)15/h2-3H,4-5,16H2,1H3. The van der Waals surface area contributed by atoms with Crippen LogP contribution < -0.4 is 5.73 Å². The van der Waals surface area contributed by atoms with Crippen molar-refractivity contribution in [1.29, 1.82) is 0 Å². The van der Waals surface area contributed by atoms with Gasteiger partial charge in [0.05, 0.1) is 5.41 Å². The molecule has 0 aromatic heterocycles. The van der Waals surface area contributed by atoms with Crippen LogP contribution in [0.1, 0.15) is 17.5 Å². The molecular formula is C11H11F4N. The number of aryl methyl sites for hydroxylation is 1. The topological polar surface area (TPSA) is 26.0 Å². The lowest BCUT2D eigenvalue weighted by Gasteiger charge is -2.16. The minimum atomic E-state index is -3.04. The van der Waals surface area contributed by atoms with Gasteiger partial charge in [-0.25, -0.2) is 17.6 Å². The lowest BCUT2D eigenvalue weighted by Crippen LogP contribution is -2.28. The van der Waals surface area contributed by atoms with Crippen molar-refractivity contribution in [2.45, 2.75) is 24.7 Å². The molecule has 1 aromatic rings. The Morgan fingerprint density at radius 1 is 1.25 bits per heavy atom. The van der Waals surface area contributed by atoms with Gasteiger partial charge in [0.2, 0.25) is 0 Å². The second-order valence-electron chi connectivity index (χ2n) is 4.25. The second-order valence-corrected chi connectivity index (χ2v) is 4.25. The summed E-state index contributed by atoms with van der Waals surface area (Å²) >= 11 is 0. The predicted octanol–water partition coefficient (Wildman–Crippen LogP) is 2.51. The van der Waals surface area contributed by atoms with Crippen molar-refractivity contribution in [2.24, 2.45) is 5.73 Å². The molecule has 0 saturated heterocycles. The summed E-state index contributed by atoms with van der Waals surface area (Å²) in [5, 5.41) is 0. The fourth-order valence-electron chi connectivity index (χ4n) is 1.97. The summed E-state index contributed by atoms with van der Waals surface area (Å²) in [6, 6.07) is 1.76. The van der Waals surface area contributed by atoms with E-state index in [2.05, 4.69) is 0 Å². The molecule has 0 heterocycles. The fourth-order valence-corrected chi connectivity index (χ4v) is 1.97. The van der Waals surface area contributed by atoms with Crippen LogP contribution in [-0.4, -0.2) is 12.5 Å². The minimum absolute atomic E-state index is 0.0948. The number of rotatable bonds is 2. The van der Waals surface area contributed by atoms with Gasteiger partial charge in [-0.05, 0) is 24.6 Å². The Labute approximate surface area is 90.3 Å². The van der Waals surface area contributed by atoms with Crippen LogP contribution in [0.2, 0.25) is 0 Å². The van der Waals surface area contributed by atoms with Crippen LogP contribution in [-0.2, 0) is 5.41 Å². The Balaban J connectivity index is 2.53. The monoisotopic (exact) mass is 233 g/mol. The van der Waals surface area contributed by atoms with Gasteiger partial charge in [0.25, 0.3) is 5.92 Å². The van der Waals surface area contributed by atoms with Crippen molar-refractivity contribution in [2.75, 3.05) is 6.54 Å². The highest BCUT2D eigenvalue weighted by Crippen LogP contribution is 2.61. The zero-order valence-corrected chi connectivity index (χ0v) is 8.66. The first-order valence-electron chi connectivity index (χ1n) is 4.88. The Bertz CT molecular complexity index is 444. The van der Waals surface area contributed by atoms with Gasteiger partial charge in [-0.2, -0.15) is 0 Å². The molecule has 0 bridgehead atoms. The molecule has 1 nitrogen and oxygen atoms in total. The molecule has 1 aliphatic rings. The Hall–Kier alpha value is -1.10. The van der Waals surface area contributed by atoms with Crippen LogP contribution in [0, 0.1) is 18.6 Å². The molecule has 1 aliphatic carbocycles. The zero-order valence-electron chi connectivity index (χ0n) is 8.66. The van der Waals surface area contributed by atoms with Crippen LogP contribution in [0.5, 0.6) is 0 Å². The molecule has 0 aliphatic heterocycles. The van der Waals surface area contributed by atoms with Crippen molar-refractivity contribution >= 4 is 0 Å². The van der Waals surface area contributed by atoms with Crippen molar-refractivity contribution in [3.63, 3.8) is 0 Å². The molecule has 16 heavy (non-hydrogen) atoms. The molecular weight excluding hydrogens is 222 g/mol. The van der Waals surface area contributed by atoms with Gasteiger partial charge in [0.15, 0.2) is 0 Å². The number of hydrogen-bond acceptors (Lipinski definition) is 1. The average Bonchev–Trinajstić information content (AvgIpc) is 2.76. The highest BCUT2D eigenvalue weighted by molar-refractivity contribution is 5.41. The maximum absolute atomic E-state index is 13.5. The minimum Gasteiger partial charge on any atom is -0.329 e. The molecule has 1 saturated carbocycles. The molecule has 0 radical (unpaired) electrons. The summed E-state index contributed by atoms with van der Waals surface area (Å²) in [5.41, 5.74) is 3.33. The summed E-state index contributed by atoms with van der Waals surface area (Å²) in [6.45, 7) is 0.988. The third-order valence-corrected chi connectivity index (χ3v) is 3.21. The summed E-state index contributed by atoms with van der Waals surface area (Å²) in [5.74, 6) is -4.54. The second kappa shape index (κ2) is 3.20. The Morgan fingerprint density at radius 3 is 2.25 bits per heavy atom. The van der Waals surface area contributed by atoms with Gasteiger partial charge >= 0.3 is 0 Å². The van der Waals surface area contributed by atoms with Crippen molar-refractivity contribution in [3.05, 3.63) is 34.9 Å². The zero-order chi connectivity index (χ0) is 12.1. The molecule has 1 aromatic carbocycles. The van der Waals surface area contributed by atoms with Crippen molar-refractivity contribution < 1.29 is 17.6 Å². The molecule has 5 heteroatoms. The maximum atomic E-state index is 13.5. The molecule has 88 valence electrons. The van der Waals surface area contributed by atoms with E-state index in [1.807, 2.05) is 0 Å². The van der Waals surface area contributed by atoms with Gasteiger partial charge in [0.1, 0.15) is 11.6 Å². The maximum Gasteiger partial charge on any atom is 0.260 e. The molecule has 1 unspecified atom stereocenters. The van der Waals surface area contributed by atoms with E-state index in [9.17, 15) is 17.6 Å². The molecule has 2 N–H and O–H groups in total. The summed E-state index contributed by atoms with van der Waals surface area (Å²) in [6.07, 6.45) is -0.518. The van der Waals surface area contributed by atoms with E-state index >= 15 is 0 Å². The van der Waals surface area contributed by atoms with Gasteiger partial charge < -0.3 is 5.73 Å². The Morgan fingerprint density at radius 2 is 1.81 bits per heavy atom. The average molecular weight is 233 g/mol. The lowest BCUT2D eigenvalue weighted by atomic mass is 9.93. The van der Waals surface area contributed by atoms with Gasteiger partial charge in [-0.1, -0.05) is 0 Å². The highest BCUT2D eigenvalue weighted by atomic mass is 19.3. The lowest BCUT2D eigenvalue weighted by molar-refractivity contribution is 0.0886. The molecule has 0 amide bonds. The number of halogens is 4. The number of hydrogen-bond donors (Lipinski definition) is 1. The van der Waals surface area contributed by atoms with Crippen molar-refractivity contribution in [3.8, 4) is 0 Å². The van der Waals surface area contributed by atoms with Crippen LogP contribution >= 0.6 is 0 Å². The van der Waals surface area contributed by atoms with Crippen LogP contribution in [0.15, 0.2) is 12.1 Å². The Kier molecular flexibility index (Phi) is 2.28. The normalized spacial score (nSPS) is 26.9. The number of benzene rings is 1. The third-order valence-electron chi connectivity index (χ3n) is 3.21. The van der Waals surface area contributed by atoms with E-state index in [-0.39, 0.29) is 17.7 Å². The van der Waals surface area contributed by atoms with E-state index in [0.717, 1.165) is 12.1 Å². The third kappa shape index (κ3) is 1.34. The molecule has 0 spiro atoms. The SMILES string of the molecule is Cc1cc(F)c(C2(CN)CC2(F)F)cc1F. The van der Waals surface area contributed by atoms with Crippen LogP contribution in [0.25, 0.3) is 0 Å². The van der Waals surface area contributed by atoms with Gasteiger partial charge in [-0.15, -0.1) is 0 Å². The molecule has 2 rings (SSSR count). The number of nitrogens with two attached hydrogens (primary N) is 1. The molecule has 1 fully saturated rings. The van der Waals surface area contributed by atoms with Gasteiger partial charge in [-0.3, -0.25) is 0 Å². The van der Waals surface area contributed by atoms with Crippen LogP contribution in [0.4, 0.5) is 17.6 Å². The highest BCUT2D eigenvalue weighted by Gasteiger charge is 2.71. The quantitative estimate of drug-likeness (QED) is 0.780. The van der Waals surface area contributed by atoms with E-state index in [1.54, 1.807) is 0 Å². The van der Waals surface area contributed by atoms with Gasteiger partial charge in [0, 0.05) is 18.5 Å². The summed E-state index contributed by atoms with van der Waals surface area (Å²) < 4.78 is 53.2. The van der Waals surface area contributed by atoms with E-state index in [0.29, 0.717) is 0 Å². The fraction of sp³-hybridized carbons (Fsp3) is 0.455. The van der Waals surface area contributed by atoms with E-state index in [4.69, 9.17) is 5.73 Å². The first-order valence-corrected chi connectivity index (χ1v) is 4.88. The largest absolute Gasteiger partial charge is 0.329 e. The molecule has 1 atom stereocenters. The van der Waals surface area contributed by atoms with Crippen LogP contribution in [0.3, 0.4) is 0 Å². The first-order chi connectivity index (χ1) is 7.34. The smallest absolute Gasteiger partial charge is 0.260 e. The summed E-state index contributed by atoms with van der Waals surface area (Å²) in [7, 11) is 0. The predicted molar refractivity (Wildman–Crippen MR) is 51.4 cm³/mol. The summed E-state index contributed by atoms with van der Waals surface area (Å²) in [4.78, 5) is 0.